The molecule has 3 aromatic heterocycles. The van der Waals surface area contributed by atoms with E-state index in [2.05, 4.69) is 77.4 Å². The van der Waals surface area contributed by atoms with E-state index < -0.39 is 0 Å². The molecule has 0 fully saturated rings. The maximum absolute atomic E-state index is 5.14. The van der Waals surface area contributed by atoms with Crippen LogP contribution < -0.4 is 4.90 Å². The molecule has 8 nitrogen and oxygen atoms in total. The number of rotatable bonds is 8. The third-order valence-corrected chi connectivity index (χ3v) is 9.72. The zero-order valence-corrected chi connectivity index (χ0v) is 30.1. The lowest BCUT2D eigenvalue weighted by Crippen LogP contribution is -2.19. The summed E-state index contributed by atoms with van der Waals surface area (Å²) in [6.07, 6.45) is 0. The summed E-state index contributed by atoms with van der Waals surface area (Å²) in [5.74, 6) is 2.85. The van der Waals surface area contributed by atoms with Gasteiger partial charge >= 0.3 is 0 Å². The van der Waals surface area contributed by atoms with Crippen molar-refractivity contribution >= 4 is 39.4 Å². The van der Waals surface area contributed by atoms with Crippen molar-refractivity contribution in [2.75, 3.05) is 4.90 Å². The van der Waals surface area contributed by atoms with Crippen molar-refractivity contribution in [3.8, 4) is 51.2 Å². The fourth-order valence-electron chi connectivity index (χ4n) is 7.07. The van der Waals surface area contributed by atoms with E-state index in [0.717, 1.165) is 44.7 Å². The smallest absolute Gasteiger partial charge is 0.241 e. The minimum Gasteiger partial charge on any atom is -0.309 e. The Kier molecular flexibility index (Phi) is 8.31. The van der Waals surface area contributed by atoms with Crippen LogP contribution in [0, 0.1) is 0 Å². The van der Waals surface area contributed by atoms with Crippen LogP contribution in [0.25, 0.3) is 73.0 Å². The fourth-order valence-corrected chi connectivity index (χ4v) is 7.07. The van der Waals surface area contributed by atoms with Gasteiger partial charge in [0, 0.05) is 38.7 Å². The Morgan fingerprint density at radius 1 is 0.304 bits per heavy atom. The summed E-state index contributed by atoms with van der Waals surface area (Å²) in [6, 6.07) is 65.2. The van der Waals surface area contributed by atoms with Gasteiger partial charge in [-0.05, 0) is 36.4 Å². The summed E-state index contributed by atoms with van der Waals surface area (Å²) in [4.78, 5) is 32.4. The molecule has 264 valence electrons. The van der Waals surface area contributed by atoms with E-state index in [1.165, 1.54) is 10.8 Å². The lowest BCUT2D eigenvalue weighted by molar-refractivity contribution is 0.963. The van der Waals surface area contributed by atoms with E-state index in [1.807, 2.05) is 126 Å². The molecule has 3 heterocycles. The maximum atomic E-state index is 5.14. The summed E-state index contributed by atoms with van der Waals surface area (Å²) in [7, 11) is 0. The molecule has 0 N–H and O–H groups in total. The van der Waals surface area contributed by atoms with E-state index in [4.69, 9.17) is 29.9 Å². The van der Waals surface area contributed by atoms with Gasteiger partial charge in [-0.3, -0.25) is 0 Å². The number of nitrogens with zero attached hydrogens (tertiary/aromatic N) is 8. The van der Waals surface area contributed by atoms with Gasteiger partial charge < -0.3 is 4.57 Å². The molecular formula is C48H32N8. The number of benzene rings is 7. The molecule has 0 bridgehead atoms. The topological polar surface area (TPSA) is 85.5 Å². The average Bonchev–Trinajstić information content (AvgIpc) is 3.62. The Bertz CT molecular complexity index is 2660. The van der Waals surface area contributed by atoms with Gasteiger partial charge in [-0.1, -0.05) is 158 Å². The molecule has 0 aliphatic rings. The summed E-state index contributed by atoms with van der Waals surface area (Å²) in [5.41, 5.74) is 7.49. The molecule has 0 spiro atoms. The Morgan fingerprint density at radius 3 is 0.982 bits per heavy atom. The summed E-state index contributed by atoms with van der Waals surface area (Å²) in [5, 5.41) is 2.40. The second-order valence-corrected chi connectivity index (χ2v) is 13.3. The monoisotopic (exact) mass is 720 g/mol. The van der Waals surface area contributed by atoms with Crippen LogP contribution in [0.4, 0.5) is 17.6 Å². The lowest BCUT2D eigenvalue weighted by atomic mass is 10.2. The summed E-state index contributed by atoms with van der Waals surface area (Å²) in [6.45, 7) is 0. The Morgan fingerprint density at radius 2 is 0.625 bits per heavy atom. The Hall–Kier alpha value is -7.84. The molecule has 10 aromatic rings. The van der Waals surface area contributed by atoms with Gasteiger partial charge in [-0.2, -0.15) is 19.9 Å². The number of anilines is 3. The Labute approximate surface area is 323 Å². The third-order valence-electron chi connectivity index (χ3n) is 9.72. The minimum atomic E-state index is 0.367. The molecule has 7 aromatic carbocycles. The predicted octanol–water partition coefficient (Wildman–Crippen LogP) is 11.3. The van der Waals surface area contributed by atoms with Crippen LogP contribution in [0.5, 0.6) is 0 Å². The van der Waals surface area contributed by atoms with E-state index in [9.17, 15) is 0 Å². The standard InChI is InChI=1S/C48H32N8/c1-5-17-33(18-6-1)43-49-44(34-19-7-2-8-20-34)52-47(51-43)56(48-53-45(35-21-9-3-10-22-35)50-46(54-48)36-23-11-4-12-24-36)38-31-29-37(30-32-38)55-41-27-15-13-25-39(41)40-26-14-16-28-42(40)55/h1-32H. The van der Waals surface area contributed by atoms with Gasteiger partial charge in [0.1, 0.15) is 0 Å². The normalized spacial score (nSPS) is 11.2. The van der Waals surface area contributed by atoms with Gasteiger partial charge in [0.15, 0.2) is 23.3 Å². The van der Waals surface area contributed by atoms with Gasteiger partial charge in [0.25, 0.3) is 0 Å². The highest BCUT2D eigenvalue weighted by Gasteiger charge is 2.24. The van der Waals surface area contributed by atoms with Crippen molar-refractivity contribution in [3.63, 3.8) is 0 Å². The second-order valence-electron chi connectivity index (χ2n) is 13.3. The van der Waals surface area contributed by atoms with E-state index in [-0.39, 0.29) is 0 Å². The number of fused-ring (bicyclic) bond motifs is 3. The SMILES string of the molecule is c1ccc(-c2nc(-c3ccccc3)nc(N(c3ccc(-n4c5ccccc5c5ccccc54)cc3)c3nc(-c4ccccc4)nc(-c4ccccc4)n3)n2)cc1. The first-order valence-electron chi connectivity index (χ1n) is 18.4. The van der Waals surface area contributed by atoms with Crippen LogP contribution >= 0.6 is 0 Å². The minimum absolute atomic E-state index is 0.367. The largest absolute Gasteiger partial charge is 0.309 e. The van der Waals surface area contributed by atoms with Crippen LogP contribution in [0.15, 0.2) is 194 Å². The van der Waals surface area contributed by atoms with Crippen LogP contribution in [-0.2, 0) is 0 Å². The van der Waals surface area contributed by atoms with Crippen molar-refractivity contribution in [2.24, 2.45) is 0 Å². The van der Waals surface area contributed by atoms with E-state index in [1.54, 1.807) is 0 Å². The molecule has 0 aliphatic heterocycles. The number of hydrogen-bond acceptors (Lipinski definition) is 7. The van der Waals surface area contributed by atoms with Gasteiger partial charge in [0.2, 0.25) is 11.9 Å². The molecule has 0 unspecified atom stereocenters. The van der Waals surface area contributed by atoms with Crippen LogP contribution in [0.3, 0.4) is 0 Å². The van der Waals surface area contributed by atoms with Crippen molar-refractivity contribution in [2.45, 2.75) is 0 Å². The Balaban J connectivity index is 1.21. The van der Waals surface area contributed by atoms with Crippen molar-refractivity contribution in [3.05, 3.63) is 194 Å². The van der Waals surface area contributed by atoms with Crippen LogP contribution in [0.2, 0.25) is 0 Å². The molecule has 0 amide bonds. The molecule has 0 atom stereocenters. The van der Waals surface area contributed by atoms with Crippen molar-refractivity contribution in [1.82, 2.24) is 34.5 Å². The number of aromatic nitrogens is 7. The third kappa shape index (κ3) is 6.11. The van der Waals surface area contributed by atoms with Gasteiger partial charge in [-0.15, -0.1) is 0 Å². The molecule has 0 saturated carbocycles. The molecule has 56 heavy (non-hydrogen) atoms. The first kappa shape index (κ1) is 32.8. The zero-order chi connectivity index (χ0) is 37.3. The summed E-state index contributed by atoms with van der Waals surface area (Å²) < 4.78 is 2.30. The highest BCUT2D eigenvalue weighted by molar-refractivity contribution is 6.09. The molecule has 8 heteroatoms. The first-order valence-corrected chi connectivity index (χ1v) is 18.4. The second kappa shape index (κ2) is 14.2. The van der Waals surface area contributed by atoms with Gasteiger partial charge in [0.05, 0.1) is 16.7 Å². The fraction of sp³-hybridized carbons (Fsp3) is 0. The highest BCUT2D eigenvalue weighted by Crippen LogP contribution is 2.37. The zero-order valence-electron chi connectivity index (χ0n) is 30.1. The van der Waals surface area contributed by atoms with Crippen molar-refractivity contribution in [1.29, 1.82) is 0 Å². The molecule has 0 saturated heterocycles. The molecular weight excluding hydrogens is 689 g/mol. The predicted molar refractivity (Wildman–Crippen MR) is 224 cm³/mol. The lowest BCUT2D eigenvalue weighted by Gasteiger charge is -2.23. The van der Waals surface area contributed by atoms with Crippen LogP contribution in [-0.4, -0.2) is 34.5 Å². The molecule has 0 aliphatic carbocycles. The average molecular weight is 721 g/mol. The number of para-hydroxylation sites is 2. The van der Waals surface area contributed by atoms with Gasteiger partial charge in [-0.25, -0.2) is 14.9 Å². The van der Waals surface area contributed by atoms with Crippen molar-refractivity contribution < 1.29 is 0 Å². The van der Waals surface area contributed by atoms with E-state index >= 15 is 0 Å². The quantitative estimate of drug-likeness (QED) is 0.154. The van der Waals surface area contributed by atoms with E-state index in [0.29, 0.717) is 35.2 Å². The summed E-state index contributed by atoms with van der Waals surface area (Å²) >= 11 is 0. The number of hydrogen-bond donors (Lipinski definition) is 0. The highest BCUT2D eigenvalue weighted by atomic mass is 15.4. The maximum Gasteiger partial charge on any atom is 0.241 e. The molecule has 10 rings (SSSR count). The molecule has 0 radical (unpaired) electrons. The van der Waals surface area contributed by atoms with Crippen LogP contribution in [0.1, 0.15) is 0 Å². The first-order chi connectivity index (χ1) is 27.8.